The molecule has 0 aliphatic heterocycles. The molecule has 1 rings (SSSR count). The maximum atomic E-state index is 9.24. The predicted molar refractivity (Wildman–Crippen MR) is 117 cm³/mol. The summed E-state index contributed by atoms with van der Waals surface area (Å²) in [6.45, 7) is 2.28. The van der Waals surface area contributed by atoms with Crippen molar-refractivity contribution in [1.29, 1.82) is 0 Å². The second-order valence-corrected chi connectivity index (χ2v) is 6.66. The SMILES string of the molecule is CCCCCCCCCCCCCCCc1ccc(O)cc1.[CH3-].[CH3-].[CH3-].[Zr+3]. The topological polar surface area (TPSA) is 20.2 Å². The molecule has 0 saturated carbocycles. The number of hydrogen-bond donors (Lipinski definition) is 1. The van der Waals surface area contributed by atoms with E-state index in [0.29, 0.717) is 5.75 Å². The molecule has 0 atom stereocenters. The van der Waals surface area contributed by atoms with E-state index >= 15 is 0 Å². The number of benzene rings is 1. The fraction of sp³-hybridized carbons (Fsp3) is 0.625. The van der Waals surface area contributed by atoms with Gasteiger partial charge in [0.1, 0.15) is 5.75 Å². The van der Waals surface area contributed by atoms with Crippen LogP contribution in [0.25, 0.3) is 0 Å². The number of aryl methyl sites for hydroxylation is 1. The summed E-state index contributed by atoms with van der Waals surface area (Å²) in [5.41, 5.74) is 1.35. The molecule has 26 heavy (non-hydrogen) atoms. The minimum atomic E-state index is 0. The molecule has 0 aliphatic carbocycles. The molecule has 0 aromatic heterocycles. The molecule has 0 heterocycles. The molecule has 0 aliphatic rings. The third-order valence-corrected chi connectivity index (χ3v) is 4.51. The van der Waals surface area contributed by atoms with Crippen LogP contribution in [0.4, 0.5) is 0 Å². The normalized spacial score (nSPS) is 9.27. The third-order valence-electron chi connectivity index (χ3n) is 4.51. The van der Waals surface area contributed by atoms with Crippen LogP contribution in [0.5, 0.6) is 5.75 Å². The van der Waals surface area contributed by atoms with E-state index in [9.17, 15) is 5.11 Å². The molecule has 0 amide bonds. The standard InChI is InChI=1S/C21H36O.3CH3.Zr/c1-2-3-4-5-6-7-8-9-10-11-12-13-14-15-20-16-18-21(22)19-17-20;;;;/h16-19,22H,2-15H2,1H3;3*1H3;/q;3*-1;+3. The molecule has 0 bridgehead atoms. The van der Waals surface area contributed by atoms with E-state index < -0.39 is 0 Å². The van der Waals surface area contributed by atoms with Crippen LogP contribution in [-0.4, -0.2) is 5.11 Å². The fourth-order valence-corrected chi connectivity index (χ4v) is 3.01. The Morgan fingerprint density at radius 2 is 0.923 bits per heavy atom. The quantitative estimate of drug-likeness (QED) is 0.227. The van der Waals surface area contributed by atoms with Gasteiger partial charge in [0.2, 0.25) is 0 Å². The maximum absolute atomic E-state index is 9.24. The van der Waals surface area contributed by atoms with Gasteiger partial charge in [-0.25, -0.2) is 0 Å². The molecule has 1 aromatic rings. The smallest absolute Gasteiger partial charge is 0.508 e. The van der Waals surface area contributed by atoms with Gasteiger partial charge in [-0.1, -0.05) is 96.1 Å². The number of hydrogen-bond acceptors (Lipinski definition) is 1. The van der Waals surface area contributed by atoms with E-state index in [1.165, 1.54) is 89.0 Å². The maximum Gasteiger partial charge on any atom is 3.00 e. The van der Waals surface area contributed by atoms with Gasteiger partial charge in [0.05, 0.1) is 0 Å². The van der Waals surface area contributed by atoms with Crippen LogP contribution in [0, 0.1) is 22.3 Å². The second-order valence-electron chi connectivity index (χ2n) is 6.66. The van der Waals surface area contributed by atoms with E-state index in [-0.39, 0.29) is 48.5 Å². The fourth-order valence-electron chi connectivity index (χ4n) is 3.01. The van der Waals surface area contributed by atoms with Crippen LogP contribution >= 0.6 is 0 Å². The van der Waals surface area contributed by atoms with Gasteiger partial charge < -0.3 is 27.4 Å². The van der Waals surface area contributed by atoms with E-state index in [0.717, 1.165) is 6.42 Å². The van der Waals surface area contributed by atoms with E-state index in [2.05, 4.69) is 6.92 Å². The van der Waals surface area contributed by atoms with Crippen molar-refractivity contribution in [3.05, 3.63) is 52.1 Å². The first-order chi connectivity index (χ1) is 10.8. The summed E-state index contributed by atoms with van der Waals surface area (Å²) in [6.07, 6.45) is 19.4. The summed E-state index contributed by atoms with van der Waals surface area (Å²) < 4.78 is 0. The third kappa shape index (κ3) is 20.2. The molecular weight excluding hydrogens is 395 g/mol. The van der Waals surface area contributed by atoms with Crippen molar-refractivity contribution in [3.8, 4) is 5.75 Å². The van der Waals surface area contributed by atoms with E-state index in [1.54, 1.807) is 12.1 Å². The summed E-state index contributed by atoms with van der Waals surface area (Å²) in [5, 5.41) is 9.24. The first-order valence-corrected chi connectivity index (χ1v) is 9.61. The van der Waals surface area contributed by atoms with Gasteiger partial charge >= 0.3 is 26.2 Å². The zero-order valence-corrected chi connectivity index (χ0v) is 20.6. The molecule has 1 aromatic carbocycles. The number of rotatable bonds is 14. The van der Waals surface area contributed by atoms with E-state index in [1.807, 2.05) is 12.1 Å². The van der Waals surface area contributed by atoms with Crippen molar-refractivity contribution in [2.24, 2.45) is 0 Å². The van der Waals surface area contributed by atoms with Gasteiger partial charge in [-0.3, -0.25) is 0 Å². The van der Waals surface area contributed by atoms with Crippen molar-refractivity contribution in [1.82, 2.24) is 0 Å². The molecular formula is C24H45OZr. The van der Waals surface area contributed by atoms with Gasteiger partial charge in [0.15, 0.2) is 0 Å². The van der Waals surface area contributed by atoms with Gasteiger partial charge in [0.25, 0.3) is 0 Å². The Morgan fingerprint density at radius 1 is 0.577 bits per heavy atom. The zero-order chi connectivity index (χ0) is 15.9. The Hall–Kier alpha value is -0.0969. The average Bonchev–Trinajstić information content (AvgIpc) is 2.53. The van der Waals surface area contributed by atoms with Crippen LogP contribution in [0.3, 0.4) is 0 Å². The summed E-state index contributed by atoms with van der Waals surface area (Å²) in [7, 11) is 0. The first-order valence-electron chi connectivity index (χ1n) is 9.61. The van der Waals surface area contributed by atoms with Crippen LogP contribution in [0.15, 0.2) is 24.3 Å². The summed E-state index contributed by atoms with van der Waals surface area (Å²) in [5.74, 6) is 0.370. The molecule has 0 unspecified atom stereocenters. The molecule has 0 saturated heterocycles. The Labute approximate surface area is 185 Å². The minimum absolute atomic E-state index is 0. The van der Waals surface area contributed by atoms with Crippen molar-refractivity contribution < 1.29 is 31.3 Å². The van der Waals surface area contributed by atoms with Crippen molar-refractivity contribution in [2.75, 3.05) is 0 Å². The number of phenols is 1. The predicted octanol–water partition coefficient (Wildman–Crippen LogP) is 8.37. The van der Waals surface area contributed by atoms with Crippen molar-refractivity contribution in [3.63, 3.8) is 0 Å². The van der Waals surface area contributed by atoms with Gasteiger partial charge in [-0.2, -0.15) is 0 Å². The number of phenolic OH excluding ortho intramolecular Hbond substituents is 1. The summed E-state index contributed by atoms with van der Waals surface area (Å²) in [6, 6.07) is 7.65. The van der Waals surface area contributed by atoms with Crippen molar-refractivity contribution in [2.45, 2.75) is 96.8 Å². The number of aromatic hydroxyl groups is 1. The average molecular weight is 441 g/mol. The first kappa shape index (κ1) is 33.5. The van der Waals surface area contributed by atoms with E-state index in [4.69, 9.17) is 0 Å². The molecule has 2 heteroatoms. The van der Waals surface area contributed by atoms with Gasteiger partial charge in [-0.15, -0.1) is 0 Å². The number of unbranched alkanes of at least 4 members (excludes halogenated alkanes) is 12. The second kappa shape index (κ2) is 24.9. The van der Waals surface area contributed by atoms with Crippen LogP contribution < -0.4 is 0 Å². The van der Waals surface area contributed by atoms with Crippen LogP contribution in [0.2, 0.25) is 0 Å². The minimum Gasteiger partial charge on any atom is -0.508 e. The van der Waals surface area contributed by atoms with Gasteiger partial charge in [-0.05, 0) is 30.5 Å². The molecule has 1 nitrogen and oxygen atoms in total. The van der Waals surface area contributed by atoms with Gasteiger partial charge in [0, 0.05) is 0 Å². The molecule has 151 valence electrons. The summed E-state index contributed by atoms with van der Waals surface area (Å²) in [4.78, 5) is 0. The van der Waals surface area contributed by atoms with Crippen molar-refractivity contribution >= 4 is 0 Å². The Morgan fingerprint density at radius 3 is 1.31 bits per heavy atom. The molecule has 1 N–H and O–H groups in total. The Kier molecular flexibility index (Phi) is 32.1. The van der Waals surface area contributed by atoms with Crippen LogP contribution in [-0.2, 0) is 32.6 Å². The molecule has 0 fully saturated rings. The molecule has 1 radical (unpaired) electrons. The summed E-state index contributed by atoms with van der Waals surface area (Å²) >= 11 is 0. The Balaban J connectivity index is -0.000000605. The molecule has 0 spiro atoms. The van der Waals surface area contributed by atoms with Crippen LogP contribution in [0.1, 0.15) is 96.0 Å². The monoisotopic (exact) mass is 439 g/mol. The Bertz CT molecular complexity index is 348. The largest absolute Gasteiger partial charge is 3.00 e. The zero-order valence-electron chi connectivity index (χ0n) is 18.2.